The maximum atomic E-state index is 11.1. The van der Waals surface area contributed by atoms with Gasteiger partial charge in [-0.2, -0.15) is 0 Å². The third-order valence-corrected chi connectivity index (χ3v) is 1.41. The van der Waals surface area contributed by atoms with Gasteiger partial charge in [0.25, 0.3) is 0 Å². The molecule has 0 amide bonds. The fraction of sp³-hybridized carbons (Fsp3) is 0.111. The summed E-state index contributed by atoms with van der Waals surface area (Å²) in [6.45, 7) is 0. The van der Waals surface area contributed by atoms with Crippen LogP contribution in [0.25, 0.3) is 0 Å². The first-order valence-electron chi connectivity index (χ1n) is 3.50. The monoisotopic (exact) mass is 223 g/mol. The van der Waals surface area contributed by atoms with Gasteiger partial charge in [-0.1, -0.05) is 30.3 Å². The molecule has 1 radical (unpaired) electrons. The van der Waals surface area contributed by atoms with Gasteiger partial charge in [0.05, 0.1) is 0 Å². The molecule has 1 N–H and O–H groups in total. The number of benzene rings is 1. The maximum absolute atomic E-state index is 11.1. The second-order valence-electron chi connectivity index (χ2n) is 2.36. The fourth-order valence-electron chi connectivity index (χ4n) is 0.863. The molecule has 0 fully saturated rings. The summed E-state index contributed by atoms with van der Waals surface area (Å²) >= 11 is 0. The van der Waals surface area contributed by atoms with Crippen LogP contribution in [0.15, 0.2) is 30.3 Å². The molecule has 0 aliphatic rings. The molecule has 0 aromatic heterocycles. The van der Waals surface area contributed by atoms with Crippen molar-refractivity contribution in [1.82, 2.24) is 0 Å². The number of carboxylic acid groups (broad SMARTS) is 1. The molecule has 0 saturated carbocycles. The Hall–Kier alpha value is -1.13. The summed E-state index contributed by atoms with van der Waals surface area (Å²) in [4.78, 5) is 21.2. The molecule has 0 atom stereocenters. The Morgan fingerprint density at radius 2 is 1.69 bits per heavy atom. The first kappa shape index (κ1) is 11.9. The van der Waals surface area contributed by atoms with E-state index in [1.54, 1.807) is 30.3 Å². The molecule has 0 unspecified atom stereocenters. The Labute approximate surface area is 86.0 Å². The minimum Gasteiger partial charge on any atom is -0.481 e. The molecule has 1 aromatic carbocycles. The van der Waals surface area contributed by atoms with Gasteiger partial charge in [0, 0.05) is 22.3 Å². The molecule has 13 heavy (non-hydrogen) atoms. The molecule has 0 spiro atoms. The average Bonchev–Trinajstić information content (AvgIpc) is 2.05. The smallest absolute Gasteiger partial charge is 0.311 e. The standard InChI is InChI=1S/C9H8O3.Co/c10-8(6-9(11)12)7-4-2-1-3-5-7;/h1-5H,6H2,(H,11,12);. The van der Waals surface area contributed by atoms with Crippen LogP contribution in [-0.2, 0) is 21.6 Å². The van der Waals surface area contributed by atoms with Crippen molar-refractivity contribution in [2.24, 2.45) is 0 Å². The van der Waals surface area contributed by atoms with Crippen molar-refractivity contribution >= 4 is 11.8 Å². The van der Waals surface area contributed by atoms with E-state index in [-0.39, 0.29) is 22.6 Å². The second kappa shape index (κ2) is 5.50. The van der Waals surface area contributed by atoms with Crippen LogP contribution in [0, 0.1) is 0 Å². The quantitative estimate of drug-likeness (QED) is 0.621. The van der Waals surface area contributed by atoms with Crippen LogP contribution in [0.1, 0.15) is 16.8 Å². The third-order valence-electron chi connectivity index (χ3n) is 1.41. The molecule has 0 aliphatic carbocycles. The Kier molecular flexibility index (Phi) is 5.02. The van der Waals surface area contributed by atoms with Gasteiger partial charge in [-0.05, 0) is 0 Å². The Balaban J connectivity index is 0.00000144. The van der Waals surface area contributed by atoms with E-state index in [4.69, 9.17) is 5.11 Å². The van der Waals surface area contributed by atoms with Gasteiger partial charge in [-0.25, -0.2) is 0 Å². The van der Waals surface area contributed by atoms with Gasteiger partial charge in [0.2, 0.25) is 0 Å². The van der Waals surface area contributed by atoms with Crippen molar-refractivity contribution in [2.75, 3.05) is 0 Å². The van der Waals surface area contributed by atoms with Crippen LogP contribution >= 0.6 is 0 Å². The number of carbonyl (C=O) groups is 2. The van der Waals surface area contributed by atoms with Gasteiger partial charge < -0.3 is 5.11 Å². The van der Waals surface area contributed by atoms with E-state index >= 15 is 0 Å². The van der Waals surface area contributed by atoms with Crippen LogP contribution < -0.4 is 0 Å². The molecule has 0 heterocycles. The molecule has 0 bridgehead atoms. The van der Waals surface area contributed by atoms with Crippen molar-refractivity contribution in [3.63, 3.8) is 0 Å². The van der Waals surface area contributed by atoms with Crippen molar-refractivity contribution in [2.45, 2.75) is 6.42 Å². The van der Waals surface area contributed by atoms with Crippen LogP contribution in [0.2, 0.25) is 0 Å². The van der Waals surface area contributed by atoms with E-state index in [1.165, 1.54) is 0 Å². The largest absolute Gasteiger partial charge is 0.481 e. The summed E-state index contributed by atoms with van der Waals surface area (Å²) in [6, 6.07) is 8.39. The van der Waals surface area contributed by atoms with E-state index in [0.717, 1.165) is 0 Å². The number of hydrogen-bond acceptors (Lipinski definition) is 2. The predicted octanol–water partition coefficient (Wildman–Crippen LogP) is 1.34. The molecular weight excluding hydrogens is 215 g/mol. The second-order valence-corrected chi connectivity index (χ2v) is 2.36. The van der Waals surface area contributed by atoms with E-state index in [1.807, 2.05) is 0 Å². The average molecular weight is 223 g/mol. The number of hydrogen-bond donors (Lipinski definition) is 1. The van der Waals surface area contributed by atoms with Crippen LogP contribution in [0.5, 0.6) is 0 Å². The number of carboxylic acids is 1. The summed E-state index contributed by atoms with van der Waals surface area (Å²) in [5.41, 5.74) is 0.444. The molecule has 3 nitrogen and oxygen atoms in total. The first-order valence-corrected chi connectivity index (χ1v) is 3.50. The normalized spacial score (nSPS) is 8.62. The Bertz CT molecular complexity index is 295. The van der Waals surface area contributed by atoms with E-state index in [9.17, 15) is 9.59 Å². The van der Waals surface area contributed by atoms with E-state index in [0.29, 0.717) is 5.56 Å². The molecule has 0 aliphatic heterocycles. The zero-order valence-corrected chi connectivity index (χ0v) is 7.73. The zero-order valence-electron chi connectivity index (χ0n) is 6.69. The van der Waals surface area contributed by atoms with Crippen LogP contribution in [0.4, 0.5) is 0 Å². The van der Waals surface area contributed by atoms with E-state index in [2.05, 4.69) is 0 Å². The Morgan fingerprint density at radius 3 is 2.15 bits per heavy atom. The van der Waals surface area contributed by atoms with Gasteiger partial charge in [0.1, 0.15) is 6.42 Å². The topological polar surface area (TPSA) is 54.4 Å². The minimum absolute atomic E-state index is 0. The van der Waals surface area contributed by atoms with Crippen LogP contribution in [0.3, 0.4) is 0 Å². The predicted molar refractivity (Wildman–Crippen MR) is 43.0 cm³/mol. The van der Waals surface area contributed by atoms with Gasteiger partial charge >= 0.3 is 5.97 Å². The molecule has 71 valence electrons. The molecule has 4 heteroatoms. The molecule has 1 rings (SSSR count). The maximum Gasteiger partial charge on any atom is 0.311 e. The summed E-state index contributed by atoms with van der Waals surface area (Å²) in [7, 11) is 0. The zero-order chi connectivity index (χ0) is 8.97. The molecule has 1 aromatic rings. The number of aliphatic carboxylic acids is 1. The van der Waals surface area contributed by atoms with Gasteiger partial charge in [0.15, 0.2) is 5.78 Å². The minimum atomic E-state index is -1.09. The molecular formula is C9H8CoO3. The van der Waals surface area contributed by atoms with E-state index < -0.39 is 12.4 Å². The van der Waals surface area contributed by atoms with Crippen molar-refractivity contribution in [1.29, 1.82) is 0 Å². The number of rotatable bonds is 3. The summed E-state index contributed by atoms with van der Waals surface area (Å²) < 4.78 is 0. The summed E-state index contributed by atoms with van der Waals surface area (Å²) in [6.07, 6.45) is -0.440. The third kappa shape index (κ3) is 3.87. The van der Waals surface area contributed by atoms with Crippen molar-refractivity contribution < 1.29 is 31.5 Å². The van der Waals surface area contributed by atoms with Crippen molar-refractivity contribution in [3.05, 3.63) is 35.9 Å². The van der Waals surface area contributed by atoms with Gasteiger partial charge in [-0.3, -0.25) is 9.59 Å². The van der Waals surface area contributed by atoms with Crippen LogP contribution in [-0.4, -0.2) is 16.9 Å². The summed E-state index contributed by atoms with van der Waals surface area (Å²) in [5, 5.41) is 8.32. The fourth-order valence-corrected chi connectivity index (χ4v) is 0.863. The number of carbonyl (C=O) groups excluding carboxylic acids is 1. The summed E-state index contributed by atoms with van der Waals surface area (Å²) in [5.74, 6) is -1.45. The molecule has 0 saturated heterocycles. The first-order chi connectivity index (χ1) is 5.70. The Morgan fingerprint density at radius 1 is 1.15 bits per heavy atom. The van der Waals surface area contributed by atoms with Gasteiger partial charge in [-0.15, -0.1) is 0 Å². The van der Waals surface area contributed by atoms with Crippen molar-refractivity contribution in [3.8, 4) is 0 Å². The number of Topliss-reactive ketones (excluding diaryl/α,β-unsaturated/α-hetero) is 1. The SMILES string of the molecule is O=C(O)CC(=O)c1ccccc1.[Co]. The number of ketones is 1.